The van der Waals surface area contributed by atoms with Crippen LogP contribution in [0.5, 0.6) is 0 Å². The van der Waals surface area contributed by atoms with Crippen molar-refractivity contribution in [3.05, 3.63) is 34.6 Å². The van der Waals surface area contributed by atoms with Crippen LogP contribution in [0.2, 0.25) is 5.02 Å². The van der Waals surface area contributed by atoms with Gasteiger partial charge in [-0.2, -0.15) is 0 Å². The summed E-state index contributed by atoms with van der Waals surface area (Å²) in [6, 6.07) is 4.66. The zero-order valence-electron chi connectivity index (χ0n) is 12.1. The third kappa shape index (κ3) is 4.16. The highest BCUT2D eigenvalue weighted by Crippen LogP contribution is 2.26. The highest BCUT2D eigenvalue weighted by atomic mass is 35.5. The number of hydrogen-bond acceptors (Lipinski definition) is 2. The third-order valence-electron chi connectivity index (χ3n) is 3.70. The van der Waals surface area contributed by atoms with Gasteiger partial charge in [0.05, 0.1) is 5.60 Å². The summed E-state index contributed by atoms with van der Waals surface area (Å²) in [6.45, 7) is 6.85. The van der Waals surface area contributed by atoms with E-state index in [0.29, 0.717) is 18.1 Å². The van der Waals surface area contributed by atoms with Crippen molar-refractivity contribution in [2.45, 2.75) is 45.3 Å². The van der Waals surface area contributed by atoms with E-state index in [1.807, 2.05) is 14.0 Å². The van der Waals surface area contributed by atoms with Crippen LogP contribution in [0.15, 0.2) is 18.2 Å². The Morgan fingerprint density at radius 1 is 1.42 bits per heavy atom. The fourth-order valence-corrected chi connectivity index (χ4v) is 2.55. The molecule has 0 aliphatic carbocycles. The van der Waals surface area contributed by atoms with Gasteiger partial charge in [0.15, 0.2) is 0 Å². The number of nitrogens with one attached hydrogen (secondary N) is 1. The Morgan fingerprint density at radius 3 is 2.58 bits per heavy atom. The Hall–Kier alpha value is -0.640. The molecule has 1 rings (SSSR count). The molecule has 0 amide bonds. The monoisotopic (exact) mass is 287 g/mol. The van der Waals surface area contributed by atoms with Crippen molar-refractivity contribution in [2.24, 2.45) is 0 Å². The normalized spacial score (nSPS) is 16.1. The van der Waals surface area contributed by atoms with E-state index in [9.17, 15) is 4.39 Å². The summed E-state index contributed by atoms with van der Waals surface area (Å²) in [6.07, 6.45) is 1.60. The first-order valence-corrected chi connectivity index (χ1v) is 7.09. The van der Waals surface area contributed by atoms with Crippen LogP contribution in [-0.2, 0) is 11.2 Å². The Morgan fingerprint density at radius 2 is 2.11 bits per heavy atom. The smallest absolute Gasteiger partial charge is 0.124 e. The average Bonchev–Trinajstić information content (AvgIpc) is 2.38. The minimum atomic E-state index is -0.308. The lowest BCUT2D eigenvalue weighted by atomic mass is 9.88. The summed E-state index contributed by atoms with van der Waals surface area (Å²) in [5.74, 6) is -0.308. The van der Waals surface area contributed by atoms with Crippen molar-refractivity contribution >= 4 is 11.6 Å². The lowest BCUT2D eigenvalue weighted by molar-refractivity contribution is -0.0534. The van der Waals surface area contributed by atoms with E-state index in [4.69, 9.17) is 16.3 Å². The molecule has 2 atom stereocenters. The Bertz CT molecular complexity index is 413. The van der Waals surface area contributed by atoms with Crippen LogP contribution in [0.3, 0.4) is 0 Å². The highest BCUT2D eigenvalue weighted by molar-refractivity contribution is 6.31. The van der Waals surface area contributed by atoms with E-state index in [1.54, 1.807) is 6.07 Å². The number of ether oxygens (including phenoxy) is 1. The Kier molecular flexibility index (Phi) is 6.24. The second kappa shape index (κ2) is 7.22. The van der Waals surface area contributed by atoms with Crippen molar-refractivity contribution in [1.82, 2.24) is 5.32 Å². The van der Waals surface area contributed by atoms with Crippen LogP contribution in [0.1, 0.15) is 32.8 Å². The van der Waals surface area contributed by atoms with Crippen LogP contribution in [-0.4, -0.2) is 25.3 Å². The molecule has 1 aromatic rings. The standard InChI is InChI=1S/C15H23ClFNO/c1-5-15(3,19-6-2)14(18-4)9-11-7-8-12(17)10-13(11)16/h7-8,10,14,18H,5-6,9H2,1-4H3. The average molecular weight is 288 g/mol. The molecule has 0 aliphatic heterocycles. The summed E-state index contributed by atoms with van der Waals surface area (Å²) in [5.41, 5.74) is 0.670. The first kappa shape index (κ1) is 16.4. The number of halogens is 2. The van der Waals surface area contributed by atoms with E-state index < -0.39 is 0 Å². The largest absolute Gasteiger partial charge is 0.374 e. The summed E-state index contributed by atoms with van der Waals surface area (Å²) in [7, 11) is 1.91. The van der Waals surface area contributed by atoms with Gasteiger partial charge in [0.2, 0.25) is 0 Å². The van der Waals surface area contributed by atoms with Gasteiger partial charge in [-0.05, 0) is 51.4 Å². The van der Waals surface area contributed by atoms with Gasteiger partial charge in [0, 0.05) is 17.7 Å². The molecular formula is C15H23ClFNO. The second-order valence-corrected chi connectivity index (χ2v) is 5.29. The van der Waals surface area contributed by atoms with E-state index in [-0.39, 0.29) is 17.5 Å². The summed E-state index contributed by atoms with van der Waals surface area (Å²) < 4.78 is 19.0. The van der Waals surface area contributed by atoms with Crippen LogP contribution in [0.25, 0.3) is 0 Å². The molecule has 0 fully saturated rings. The number of benzene rings is 1. The molecule has 0 bridgehead atoms. The maximum atomic E-state index is 13.1. The summed E-state index contributed by atoms with van der Waals surface area (Å²) >= 11 is 6.09. The van der Waals surface area contributed by atoms with E-state index in [2.05, 4.69) is 19.2 Å². The molecule has 4 heteroatoms. The van der Waals surface area contributed by atoms with Crippen molar-refractivity contribution in [1.29, 1.82) is 0 Å². The van der Waals surface area contributed by atoms with E-state index in [1.165, 1.54) is 12.1 Å². The first-order valence-electron chi connectivity index (χ1n) is 6.72. The minimum Gasteiger partial charge on any atom is -0.374 e. The lowest BCUT2D eigenvalue weighted by Gasteiger charge is -2.37. The molecule has 0 saturated heterocycles. The predicted octanol–water partition coefficient (Wildman–Crippen LogP) is 3.81. The molecule has 2 nitrogen and oxygen atoms in total. The molecule has 1 aromatic carbocycles. The summed E-state index contributed by atoms with van der Waals surface area (Å²) in [5, 5.41) is 3.76. The molecular weight excluding hydrogens is 265 g/mol. The van der Waals surface area contributed by atoms with Crippen LogP contribution in [0.4, 0.5) is 4.39 Å². The highest BCUT2D eigenvalue weighted by Gasteiger charge is 2.32. The van der Waals surface area contributed by atoms with Crippen molar-refractivity contribution < 1.29 is 9.13 Å². The van der Waals surface area contributed by atoms with Gasteiger partial charge in [-0.1, -0.05) is 24.6 Å². The van der Waals surface area contributed by atoms with Gasteiger partial charge in [0.25, 0.3) is 0 Å². The summed E-state index contributed by atoms with van der Waals surface area (Å²) in [4.78, 5) is 0. The molecule has 0 spiro atoms. The maximum Gasteiger partial charge on any atom is 0.124 e. The molecule has 0 aliphatic rings. The van der Waals surface area contributed by atoms with E-state index >= 15 is 0 Å². The fraction of sp³-hybridized carbons (Fsp3) is 0.600. The number of likely N-dealkylation sites (N-methyl/N-ethyl adjacent to an activating group) is 1. The van der Waals surface area contributed by atoms with Gasteiger partial charge < -0.3 is 10.1 Å². The van der Waals surface area contributed by atoms with E-state index in [0.717, 1.165) is 12.0 Å². The van der Waals surface area contributed by atoms with Gasteiger partial charge in [-0.3, -0.25) is 0 Å². The van der Waals surface area contributed by atoms with Gasteiger partial charge in [-0.15, -0.1) is 0 Å². The molecule has 1 N–H and O–H groups in total. The zero-order chi connectivity index (χ0) is 14.5. The van der Waals surface area contributed by atoms with Gasteiger partial charge in [-0.25, -0.2) is 4.39 Å². The maximum absolute atomic E-state index is 13.1. The quantitative estimate of drug-likeness (QED) is 0.823. The molecule has 0 heterocycles. The van der Waals surface area contributed by atoms with Crippen LogP contribution in [0, 0.1) is 5.82 Å². The predicted molar refractivity (Wildman–Crippen MR) is 78.3 cm³/mol. The minimum absolute atomic E-state index is 0.125. The van der Waals surface area contributed by atoms with Gasteiger partial charge in [0.1, 0.15) is 5.82 Å². The topological polar surface area (TPSA) is 21.3 Å². The molecule has 108 valence electrons. The molecule has 2 unspecified atom stereocenters. The third-order valence-corrected chi connectivity index (χ3v) is 4.05. The van der Waals surface area contributed by atoms with Crippen molar-refractivity contribution in [3.63, 3.8) is 0 Å². The SMILES string of the molecule is CCOC(C)(CC)C(Cc1ccc(F)cc1Cl)NC. The number of rotatable bonds is 7. The lowest BCUT2D eigenvalue weighted by Crippen LogP contribution is -2.50. The van der Waals surface area contributed by atoms with Crippen LogP contribution < -0.4 is 5.32 Å². The van der Waals surface area contributed by atoms with Crippen molar-refractivity contribution in [2.75, 3.05) is 13.7 Å². The van der Waals surface area contributed by atoms with Crippen LogP contribution >= 0.6 is 11.6 Å². The second-order valence-electron chi connectivity index (χ2n) is 4.88. The fourth-order valence-electron chi connectivity index (χ4n) is 2.31. The zero-order valence-corrected chi connectivity index (χ0v) is 12.9. The Balaban J connectivity index is 2.92. The van der Waals surface area contributed by atoms with Gasteiger partial charge >= 0.3 is 0 Å². The first-order chi connectivity index (χ1) is 8.96. The molecule has 0 aromatic heterocycles. The van der Waals surface area contributed by atoms with Crippen molar-refractivity contribution in [3.8, 4) is 0 Å². The molecule has 0 radical (unpaired) electrons. The molecule has 0 saturated carbocycles. The number of hydrogen-bond donors (Lipinski definition) is 1. The molecule has 19 heavy (non-hydrogen) atoms. The Labute approximate surface area is 120 Å².